The highest BCUT2D eigenvalue weighted by Crippen LogP contribution is 2.00. The van der Waals surface area contributed by atoms with Crippen molar-refractivity contribution in [1.29, 1.82) is 0 Å². The van der Waals surface area contributed by atoms with Crippen LogP contribution in [0.1, 0.15) is 12.7 Å². The second kappa shape index (κ2) is 4.71. The Morgan fingerprint density at radius 2 is 2.42 bits per heavy atom. The third-order valence-electron chi connectivity index (χ3n) is 1.25. The highest BCUT2D eigenvalue weighted by molar-refractivity contribution is 5.17. The molecule has 0 fully saturated rings. The summed E-state index contributed by atoms with van der Waals surface area (Å²) in [5.74, 6) is 0.633. The summed E-state index contributed by atoms with van der Waals surface area (Å²) < 4.78 is 9.93. The molecule has 1 heterocycles. The molecule has 0 saturated carbocycles. The zero-order valence-corrected chi connectivity index (χ0v) is 7.33. The molecule has 0 spiro atoms. The molecule has 0 aliphatic heterocycles. The highest BCUT2D eigenvalue weighted by Gasteiger charge is 1.98. The maximum absolute atomic E-state index is 5.11. The first-order valence-electron chi connectivity index (χ1n) is 3.95. The number of nitrogens with zero attached hydrogens (tertiary/aromatic N) is 2. The zero-order valence-electron chi connectivity index (χ0n) is 7.33. The van der Waals surface area contributed by atoms with E-state index < -0.39 is 0 Å². The van der Waals surface area contributed by atoms with Crippen molar-refractivity contribution in [3.63, 3.8) is 0 Å². The van der Waals surface area contributed by atoms with Gasteiger partial charge in [-0.1, -0.05) is 5.16 Å². The summed E-state index contributed by atoms with van der Waals surface area (Å²) in [6.07, 6.45) is 0. The predicted octanol–water partition coefficient (Wildman–Crippen LogP) is 0.826. The molecule has 1 N–H and O–H groups in total. The number of ether oxygens (including phenoxy) is 1. The number of aryl methyl sites for hydroxylation is 1. The van der Waals surface area contributed by atoms with Gasteiger partial charge in [0.05, 0.1) is 6.61 Å². The van der Waals surface area contributed by atoms with Crippen molar-refractivity contribution >= 4 is 6.01 Å². The molecule has 0 saturated heterocycles. The summed E-state index contributed by atoms with van der Waals surface area (Å²) in [6.45, 7) is 5.80. The minimum absolute atomic E-state index is 0.451. The van der Waals surface area contributed by atoms with Gasteiger partial charge in [0.1, 0.15) is 0 Å². The third kappa shape index (κ3) is 2.87. The quantitative estimate of drug-likeness (QED) is 0.665. The molecule has 5 heteroatoms. The van der Waals surface area contributed by atoms with Gasteiger partial charge in [-0.25, -0.2) is 0 Å². The molecule has 68 valence electrons. The number of aromatic nitrogens is 2. The van der Waals surface area contributed by atoms with Crippen LogP contribution in [0.2, 0.25) is 0 Å². The smallest absolute Gasteiger partial charge is 0.321 e. The Balaban J connectivity index is 2.15. The molecule has 1 aromatic heterocycles. The lowest BCUT2D eigenvalue weighted by Gasteiger charge is -1.99. The second-order valence-electron chi connectivity index (χ2n) is 2.27. The topological polar surface area (TPSA) is 60.2 Å². The van der Waals surface area contributed by atoms with Gasteiger partial charge in [-0.15, -0.1) is 0 Å². The fourth-order valence-corrected chi connectivity index (χ4v) is 0.743. The monoisotopic (exact) mass is 171 g/mol. The zero-order chi connectivity index (χ0) is 8.81. The molecule has 0 atom stereocenters. The summed E-state index contributed by atoms with van der Waals surface area (Å²) in [6, 6.07) is 0.451. The lowest BCUT2D eigenvalue weighted by Crippen LogP contribution is -2.09. The van der Waals surface area contributed by atoms with Gasteiger partial charge >= 0.3 is 6.01 Å². The molecule has 1 rings (SSSR count). The first-order chi connectivity index (χ1) is 5.83. The van der Waals surface area contributed by atoms with E-state index in [1.807, 2.05) is 6.92 Å². The van der Waals surface area contributed by atoms with Crippen molar-refractivity contribution in [1.82, 2.24) is 10.1 Å². The predicted molar refractivity (Wildman–Crippen MR) is 44.0 cm³/mol. The van der Waals surface area contributed by atoms with Crippen LogP contribution in [0, 0.1) is 6.92 Å². The van der Waals surface area contributed by atoms with Crippen LogP contribution in [0.5, 0.6) is 0 Å². The van der Waals surface area contributed by atoms with Crippen LogP contribution >= 0.6 is 0 Å². The van der Waals surface area contributed by atoms with Crippen molar-refractivity contribution in [3.8, 4) is 0 Å². The Labute approximate surface area is 71.1 Å². The average molecular weight is 171 g/mol. The fourth-order valence-electron chi connectivity index (χ4n) is 0.743. The number of hydrogen-bond donors (Lipinski definition) is 1. The molecular weight excluding hydrogens is 158 g/mol. The Kier molecular flexibility index (Phi) is 3.53. The molecule has 0 aliphatic rings. The lowest BCUT2D eigenvalue weighted by molar-refractivity contribution is 0.157. The van der Waals surface area contributed by atoms with E-state index >= 15 is 0 Å². The molecule has 0 unspecified atom stereocenters. The van der Waals surface area contributed by atoms with Gasteiger partial charge in [-0.3, -0.25) is 0 Å². The molecule has 0 aromatic carbocycles. The number of rotatable bonds is 5. The van der Waals surface area contributed by atoms with Gasteiger partial charge in [0.25, 0.3) is 0 Å². The van der Waals surface area contributed by atoms with Crippen LogP contribution in [-0.4, -0.2) is 29.9 Å². The van der Waals surface area contributed by atoms with E-state index in [-0.39, 0.29) is 0 Å². The highest BCUT2D eigenvalue weighted by atomic mass is 16.5. The standard InChI is InChI=1S/C7H13N3O2/c1-3-11-5-4-8-7-9-6(2)10-12-7/h3-5H2,1-2H3,(H,8,9,10). The lowest BCUT2D eigenvalue weighted by atomic mass is 10.7. The minimum atomic E-state index is 0.451. The third-order valence-corrected chi connectivity index (χ3v) is 1.25. The summed E-state index contributed by atoms with van der Waals surface area (Å²) in [5.41, 5.74) is 0. The van der Waals surface area contributed by atoms with Gasteiger partial charge in [0.2, 0.25) is 0 Å². The van der Waals surface area contributed by atoms with Crippen LogP contribution in [0.15, 0.2) is 4.52 Å². The molecular formula is C7H13N3O2. The molecule has 1 aromatic rings. The first kappa shape index (κ1) is 8.99. The Morgan fingerprint density at radius 3 is 3.00 bits per heavy atom. The normalized spacial score (nSPS) is 10.2. The molecule has 0 bridgehead atoms. The van der Waals surface area contributed by atoms with Crippen molar-refractivity contribution in [2.24, 2.45) is 0 Å². The van der Waals surface area contributed by atoms with Crippen LogP contribution in [0.3, 0.4) is 0 Å². The van der Waals surface area contributed by atoms with Crippen molar-refractivity contribution in [3.05, 3.63) is 5.82 Å². The molecule has 12 heavy (non-hydrogen) atoms. The van der Waals surface area contributed by atoms with Gasteiger partial charge in [0, 0.05) is 13.2 Å². The van der Waals surface area contributed by atoms with Crippen LogP contribution in [0.4, 0.5) is 6.01 Å². The van der Waals surface area contributed by atoms with Crippen LogP contribution in [-0.2, 0) is 4.74 Å². The number of anilines is 1. The van der Waals surface area contributed by atoms with Crippen LogP contribution < -0.4 is 5.32 Å². The van der Waals surface area contributed by atoms with Gasteiger partial charge in [-0.05, 0) is 13.8 Å². The average Bonchev–Trinajstić information content (AvgIpc) is 2.45. The van der Waals surface area contributed by atoms with Gasteiger partial charge < -0.3 is 14.6 Å². The maximum Gasteiger partial charge on any atom is 0.321 e. The second-order valence-corrected chi connectivity index (χ2v) is 2.27. The van der Waals surface area contributed by atoms with E-state index in [4.69, 9.17) is 9.26 Å². The Bertz CT molecular complexity index is 224. The van der Waals surface area contributed by atoms with E-state index in [1.165, 1.54) is 0 Å². The Morgan fingerprint density at radius 1 is 1.58 bits per heavy atom. The van der Waals surface area contributed by atoms with Crippen molar-refractivity contribution in [2.75, 3.05) is 25.1 Å². The number of nitrogens with one attached hydrogen (secondary N) is 1. The van der Waals surface area contributed by atoms with E-state index in [1.54, 1.807) is 6.92 Å². The summed E-state index contributed by atoms with van der Waals surface area (Å²) in [4.78, 5) is 3.96. The minimum Gasteiger partial charge on any atom is -0.380 e. The van der Waals surface area contributed by atoms with E-state index in [0.29, 0.717) is 25.0 Å². The van der Waals surface area contributed by atoms with E-state index in [9.17, 15) is 0 Å². The summed E-state index contributed by atoms with van der Waals surface area (Å²) in [5, 5.41) is 6.56. The summed E-state index contributed by atoms with van der Waals surface area (Å²) >= 11 is 0. The van der Waals surface area contributed by atoms with E-state index in [2.05, 4.69) is 15.5 Å². The van der Waals surface area contributed by atoms with Gasteiger partial charge in [-0.2, -0.15) is 4.98 Å². The first-order valence-corrected chi connectivity index (χ1v) is 3.95. The maximum atomic E-state index is 5.11. The van der Waals surface area contributed by atoms with E-state index in [0.717, 1.165) is 6.61 Å². The fraction of sp³-hybridized carbons (Fsp3) is 0.714. The van der Waals surface area contributed by atoms with Crippen molar-refractivity contribution in [2.45, 2.75) is 13.8 Å². The largest absolute Gasteiger partial charge is 0.380 e. The molecule has 0 amide bonds. The molecule has 5 nitrogen and oxygen atoms in total. The summed E-state index contributed by atoms with van der Waals surface area (Å²) in [7, 11) is 0. The van der Waals surface area contributed by atoms with Gasteiger partial charge in [0.15, 0.2) is 5.82 Å². The SMILES string of the molecule is CCOCCNc1nc(C)no1. The van der Waals surface area contributed by atoms with Crippen molar-refractivity contribution < 1.29 is 9.26 Å². The number of hydrogen-bond acceptors (Lipinski definition) is 5. The molecule has 0 aliphatic carbocycles. The Hall–Kier alpha value is -1.10. The molecule has 0 radical (unpaired) electrons. The van der Waals surface area contributed by atoms with Crippen LogP contribution in [0.25, 0.3) is 0 Å².